The fraction of sp³-hybridized carbons (Fsp3) is 0.500. The molecular formula is C20H23F3N4O2. The number of aryl methyl sites for hydroxylation is 1. The maximum absolute atomic E-state index is 12.9. The lowest BCUT2D eigenvalue weighted by molar-refractivity contribution is -0.137. The van der Waals surface area contributed by atoms with Crippen LogP contribution in [0.2, 0.25) is 0 Å². The summed E-state index contributed by atoms with van der Waals surface area (Å²) in [5.41, 5.74) is 1.86. The van der Waals surface area contributed by atoms with Crippen LogP contribution in [0.3, 0.4) is 0 Å². The SMILES string of the molecule is Cc1cc(C2CC(c3ccc(C(F)(F)F)cc3)CN(C(=O)N3CC(O)C3)C2)n[nH]1. The summed E-state index contributed by atoms with van der Waals surface area (Å²) in [6, 6.07) is 6.98. The van der Waals surface area contributed by atoms with Crippen molar-refractivity contribution in [3.8, 4) is 0 Å². The maximum Gasteiger partial charge on any atom is 0.416 e. The van der Waals surface area contributed by atoms with Crippen LogP contribution in [0.15, 0.2) is 30.3 Å². The van der Waals surface area contributed by atoms with Gasteiger partial charge in [0.05, 0.1) is 30.5 Å². The van der Waals surface area contributed by atoms with Crippen molar-refractivity contribution in [3.05, 3.63) is 52.8 Å². The Morgan fingerprint density at radius 2 is 1.72 bits per heavy atom. The van der Waals surface area contributed by atoms with Gasteiger partial charge in [-0.25, -0.2) is 4.79 Å². The Bertz CT molecular complexity index is 875. The number of hydrogen-bond donors (Lipinski definition) is 2. The minimum atomic E-state index is -4.37. The highest BCUT2D eigenvalue weighted by atomic mass is 19.4. The average molecular weight is 408 g/mol. The molecule has 2 fully saturated rings. The molecule has 2 atom stereocenters. The zero-order valence-corrected chi connectivity index (χ0v) is 16.0. The summed E-state index contributed by atoms with van der Waals surface area (Å²) in [5.74, 6) is -0.112. The van der Waals surface area contributed by atoms with Gasteiger partial charge in [0, 0.05) is 30.6 Å². The van der Waals surface area contributed by atoms with Crippen LogP contribution in [-0.2, 0) is 6.18 Å². The highest BCUT2D eigenvalue weighted by Crippen LogP contribution is 2.37. The summed E-state index contributed by atoms with van der Waals surface area (Å²) >= 11 is 0. The van der Waals surface area contributed by atoms with E-state index in [0.717, 1.165) is 29.1 Å². The predicted octanol–water partition coefficient (Wildman–Crippen LogP) is 3.11. The molecule has 0 spiro atoms. The number of nitrogens with one attached hydrogen (secondary N) is 1. The Morgan fingerprint density at radius 1 is 1.10 bits per heavy atom. The number of halogens is 3. The Balaban J connectivity index is 1.57. The van der Waals surface area contributed by atoms with Crippen molar-refractivity contribution in [2.75, 3.05) is 26.2 Å². The quantitative estimate of drug-likeness (QED) is 0.802. The molecule has 4 rings (SSSR count). The first-order valence-electron chi connectivity index (χ1n) is 9.61. The molecule has 0 radical (unpaired) electrons. The van der Waals surface area contributed by atoms with Gasteiger partial charge in [-0.15, -0.1) is 0 Å². The van der Waals surface area contributed by atoms with E-state index >= 15 is 0 Å². The van der Waals surface area contributed by atoms with E-state index in [9.17, 15) is 23.1 Å². The van der Waals surface area contributed by atoms with Crippen LogP contribution in [-0.4, -0.2) is 63.4 Å². The molecule has 156 valence electrons. The number of carbonyl (C=O) groups excluding carboxylic acids is 1. The molecule has 6 nitrogen and oxygen atoms in total. The molecule has 2 aliphatic heterocycles. The Hall–Kier alpha value is -2.55. The number of aromatic nitrogens is 2. The number of likely N-dealkylation sites (tertiary alicyclic amines) is 2. The number of carbonyl (C=O) groups is 1. The number of urea groups is 1. The molecule has 3 heterocycles. The molecule has 29 heavy (non-hydrogen) atoms. The molecule has 2 amide bonds. The molecule has 0 aliphatic carbocycles. The van der Waals surface area contributed by atoms with Crippen molar-refractivity contribution < 1.29 is 23.1 Å². The van der Waals surface area contributed by atoms with Gasteiger partial charge < -0.3 is 14.9 Å². The number of aliphatic hydroxyl groups excluding tert-OH is 1. The second kappa shape index (κ2) is 7.37. The van der Waals surface area contributed by atoms with E-state index in [0.29, 0.717) is 32.6 Å². The fourth-order valence-electron chi connectivity index (χ4n) is 4.12. The minimum absolute atomic E-state index is 0.0175. The number of amides is 2. The van der Waals surface area contributed by atoms with Crippen LogP contribution >= 0.6 is 0 Å². The predicted molar refractivity (Wildman–Crippen MR) is 99.4 cm³/mol. The monoisotopic (exact) mass is 408 g/mol. The van der Waals surface area contributed by atoms with Gasteiger partial charge in [-0.1, -0.05) is 12.1 Å². The molecule has 2 aromatic rings. The Morgan fingerprint density at radius 3 is 2.28 bits per heavy atom. The van der Waals surface area contributed by atoms with E-state index in [-0.39, 0.29) is 17.9 Å². The normalized spacial score (nSPS) is 23.2. The van der Waals surface area contributed by atoms with Crippen molar-refractivity contribution in [1.82, 2.24) is 20.0 Å². The highest BCUT2D eigenvalue weighted by Gasteiger charge is 2.38. The molecule has 1 aromatic carbocycles. The number of benzene rings is 1. The number of β-amino-alcohol motifs (C(OH)–C–C–N with tert-alkyl or cyclic N) is 1. The summed E-state index contributed by atoms with van der Waals surface area (Å²) in [6.07, 6.45) is -4.16. The van der Waals surface area contributed by atoms with Crippen LogP contribution in [0.4, 0.5) is 18.0 Å². The lowest BCUT2D eigenvalue weighted by atomic mass is 9.82. The molecule has 2 saturated heterocycles. The van der Waals surface area contributed by atoms with Gasteiger partial charge in [0.1, 0.15) is 0 Å². The minimum Gasteiger partial charge on any atom is -0.389 e. The zero-order valence-electron chi connectivity index (χ0n) is 16.0. The standard InChI is InChI=1S/C20H23F3N4O2/c1-12-6-18(25-24-12)15-7-14(13-2-4-16(5-3-13)20(21,22)23)8-26(9-15)19(29)27-10-17(28)11-27/h2-6,14-15,17,28H,7-11H2,1H3,(H,24,25). The summed E-state index contributed by atoms with van der Waals surface area (Å²) in [6.45, 7) is 3.44. The molecule has 1 aromatic heterocycles. The first-order chi connectivity index (χ1) is 13.7. The summed E-state index contributed by atoms with van der Waals surface area (Å²) in [4.78, 5) is 16.2. The number of hydrogen-bond acceptors (Lipinski definition) is 3. The van der Waals surface area contributed by atoms with Gasteiger partial charge >= 0.3 is 12.2 Å². The number of rotatable bonds is 2. The molecule has 2 unspecified atom stereocenters. The van der Waals surface area contributed by atoms with Crippen molar-refractivity contribution >= 4 is 6.03 Å². The van der Waals surface area contributed by atoms with Gasteiger partial charge in [-0.3, -0.25) is 5.10 Å². The number of aliphatic hydroxyl groups is 1. The molecule has 0 saturated carbocycles. The van der Waals surface area contributed by atoms with Crippen molar-refractivity contribution in [3.63, 3.8) is 0 Å². The average Bonchev–Trinajstić information content (AvgIpc) is 3.10. The number of aromatic amines is 1. The van der Waals surface area contributed by atoms with Gasteiger partial charge in [-0.2, -0.15) is 18.3 Å². The maximum atomic E-state index is 12.9. The fourth-order valence-corrected chi connectivity index (χ4v) is 4.12. The Kier molecular flexibility index (Phi) is 5.02. The van der Waals surface area contributed by atoms with Crippen LogP contribution < -0.4 is 0 Å². The molecule has 0 bridgehead atoms. The smallest absolute Gasteiger partial charge is 0.389 e. The second-order valence-electron chi connectivity index (χ2n) is 7.97. The van der Waals surface area contributed by atoms with E-state index in [4.69, 9.17) is 0 Å². The Labute approximate surface area is 166 Å². The van der Waals surface area contributed by atoms with Crippen molar-refractivity contribution in [2.45, 2.75) is 37.5 Å². The molecule has 9 heteroatoms. The lowest BCUT2D eigenvalue weighted by Crippen LogP contribution is -2.59. The van der Waals surface area contributed by atoms with Crippen LogP contribution in [0, 0.1) is 6.92 Å². The second-order valence-corrected chi connectivity index (χ2v) is 7.97. The van der Waals surface area contributed by atoms with Gasteiger partial charge in [-0.05, 0) is 37.1 Å². The number of alkyl halides is 3. The third-order valence-electron chi connectivity index (χ3n) is 5.71. The van der Waals surface area contributed by atoms with E-state index in [1.54, 1.807) is 9.80 Å². The summed E-state index contributed by atoms with van der Waals surface area (Å²) in [7, 11) is 0. The highest BCUT2D eigenvalue weighted by molar-refractivity contribution is 5.75. The largest absolute Gasteiger partial charge is 0.416 e. The molecule has 2 aliphatic rings. The van der Waals surface area contributed by atoms with Crippen LogP contribution in [0.5, 0.6) is 0 Å². The molecular weight excluding hydrogens is 385 g/mol. The summed E-state index contributed by atoms with van der Waals surface area (Å²) in [5, 5.41) is 16.8. The van der Waals surface area contributed by atoms with Crippen LogP contribution in [0.1, 0.15) is 40.8 Å². The van der Waals surface area contributed by atoms with E-state index in [1.165, 1.54) is 12.1 Å². The van der Waals surface area contributed by atoms with E-state index in [1.807, 2.05) is 13.0 Å². The van der Waals surface area contributed by atoms with Gasteiger partial charge in [0.25, 0.3) is 0 Å². The third kappa shape index (κ3) is 4.10. The van der Waals surface area contributed by atoms with Gasteiger partial charge in [0.2, 0.25) is 0 Å². The number of H-pyrrole nitrogens is 1. The van der Waals surface area contributed by atoms with Crippen LogP contribution in [0.25, 0.3) is 0 Å². The summed E-state index contributed by atoms with van der Waals surface area (Å²) < 4.78 is 38.7. The third-order valence-corrected chi connectivity index (χ3v) is 5.71. The number of nitrogens with zero attached hydrogens (tertiary/aromatic N) is 3. The first kappa shape index (κ1) is 19.8. The van der Waals surface area contributed by atoms with Crippen molar-refractivity contribution in [2.24, 2.45) is 0 Å². The first-order valence-corrected chi connectivity index (χ1v) is 9.61. The lowest BCUT2D eigenvalue weighted by Gasteiger charge is -2.43. The zero-order chi connectivity index (χ0) is 20.8. The topological polar surface area (TPSA) is 72.5 Å². The molecule has 2 N–H and O–H groups in total. The van der Waals surface area contributed by atoms with E-state index < -0.39 is 17.8 Å². The van der Waals surface area contributed by atoms with E-state index in [2.05, 4.69) is 10.2 Å². The van der Waals surface area contributed by atoms with Gasteiger partial charge in [0.15, 0.2) is 0 Å². The number of piperidine rings is 1. The van der Waals surface area contributed by atoms with Crippen molar-refractivity contribution in [1.29, 1.82) is 0 Å².